The van der Waals surface area contributed by atoms with Gasteiger partial charge in [0.1, 0.15) is 0 Å². The van der Waals surface area contributed by atoms with Crippen LogP contribution in [0.15, 0.2) is 66.7 Å². The SMILES string of the molecule is O[C@H](CNCc1ccccc1)Cn1c2ccc(I)cc2c2cc(I)ccc21. The van der Waals surface area contributed by atoms with Crippen LogP contribution in [-0.4, -0.2) is 22.3 Å². The van der Waals surface area contributed by atoms with Crippen LogP contribution in [0, 0.1) is 7.14 Å². The fourth-order valence-electron chi connectivity index (χ4n) is 3.50. The van der Waals surface area contributed by atoms with E-state index in [1.807, 2.05) is 18.2 Å². The molecule has 4 aromatic rings. The molecule has 0 aliphatic rings. The number of aliphatic hydroxyl groups is 1. The van der Waals surface area contributed by atoms with E-state index in [2.05, 4.69) is 104 Å². The van der Waals surface area contributed by atoms with Gasteiger partial charge in [-0.1, -0.05) is 30.3 Å². The number of rotatable bonds is 6. The molecule has 1 heterocycles. The minimum Gasteiger partial charge on any atom is -0.390 e. The van der Waals surface area contributed by atoms with Gasteiger partial charge in [-0.25, -0.2) is 0 Å². The average molecular weight is 582 g/mol. The Labute approximate surface area is 186 Å². The molecule has 0 saturated carbocycles. The van der Waals surface area contributed by atoms with Crippen LogP contribution < -0.4 is 5.32 Å². The first-order valence-corrected chi connectivity index (χ1v) is 11.1. The number of benzene rings is 3. The van der Waals surface area contributed by atoms with Gasteiger partial charge in [0.25, 0.3) is 0 Å². The Morgan fingerprint density at radius 3 is 2.04 bits per heavy atom. The normalized spacial score (nSPS) is 12.7. The number of halogens is 2. The number of aromatic nitrogens is 1. The van der Waals surface area contributed by atoms with Crippen LogP contribution >= 0.6 is 45.2 Å². The summed E-state index contributed by atoms with van der Waals surface area (Å²) in [6.45, 7) is 1.90. The fraction of sp³-hybridized carbons (Fsp3) is 0.182. The van der Waals surface area contributed by atoms with Crippen molar-refractivity contribution in [3.05, 3.63) is 79.4 Å². The third kappa shape index (κ3) is 4.31. The maximum Gasteiger partial charge on any atom is 0.0843 e. The molecule has 5 heteroatoms. The monoisotopic (exact) mass is 582 g/mol. The molecule has 1 atom stereocenters. The maximum atomic E-state index is 10.6. The quantitative estimate of drug-likeness (QED) is 0.309. The predicted octanol–water partition coefficient (Wildman–Crippen LogP) is 5.15. The van der Waals surface area contributed by atoms with Crippen molar-refractivity contribution in [2.24, 2.45) is 0 Å². The Kier molecular flexibility index (Phi) is 6.01. The van der Waals surface area contributed by atoms with Gasteiger partial charge in [0.2, 0.25) is 0 Å². The van der Waals surface area contributed by atoms with E-state index in [-0.39, 0.29) is 0 Å². The van der Waals surface area contributed by atoms with Crippen LogP contribution in [0.3, 0.4) is 0 Å². The van der Waals surface area contributed by atoms with E-state index in [4.69, 9.17) is 0 Å². The standard InChI is InChI=1S/C22H20I2N2O/c23-16-6-8-21-19(10-16)20-11-17(24)7-9-22(20)26(21)14-18(27)13-25-12-15-4-2-1-3-5-15/h1-11,18,25,27H,12-14H2/t18-/m1/s1. The summed E-state index contributed by atoms with van der Waals surface area (Å²) in [6.07, 6.45) is -0.453. The molecule has 3 aromatic carbocycles. The first kappa shape index (κ1) is 19.2. The van der Waals surface area contributed by atoms with Crippen molar-refractivity contribution in [2.75, 3.05) is 6.54 Å². The molecule has 1 aromatic heterocycles. The van der Waals surface area contributed by atoms with E-state index in [0.717, 1.165) is 6.54 Å². The number of nitrogens with one attached hydrogen (secondary N) is 1. The van der Waals surface area contributed by atoms with Gasteiger partial charge >= 0.3 is 0 Å². The average Bonchev–Trinajstić information content (AvgIpc) is 2.95. The topological polar surface area (TPSA) is 37.2 Å². The molecule has 138 valence electrons. The van der Waals surface area contributed by atoms with Gasteiger partial charge in [0, 0.05) is 42.0 Å². The van der Waals surface area contributed by atoms with Crippen molar-refractivity contribution in [3.63, 3.8) is 0 Å². The summed E-state index contributed by atoms with van der Waals surface area (Å²) in [6, 6.07) is 23.3. The van der Waals surface area contributed by atoms with Crippen LogP contribution in [0.1, 0.15) is 5.56 Å². The highest BCUT2D eigenvalue weighted by atomic mass is 127. The van der Waals surface area contributed by atoms with Gasteiger partial charge in [-0.05, 0) is 87.1 Å². The number of fused-ring (bicyclic) bond motifs is 3. The number of hydrogen-bond acceptors (Lipinski definition) is 2. The number of aliphatic hydroxyl groups excluding tert-OH is 1. The molecule has 0 radical (unpaired) electrons. The van der Waals surface area contributed by atoms with E-state index in [0.29, 0.717) is 13.1 Å². The summed E-state index contributed by atoms with van der Waals surface area (Å²) in [5, 5.41) is 16.5. The molecule has 2 N–H and O–H groups in total. The van der Waals surface area contributed by atoms with Crippen molar-refractivity contribution in [3.8, 4) is 0 Å². The van der Waals surface area contributed by atoms with Crippen LogP contribution in [0.4, 0.5) is 0 Å². The fourth-order valence-corrected chi connectivity index (χ4v) is 4.48. The van der Waals surface area contributed by atoms with Gasteiger partial charge < -0.3 is 15.0 Å². The summed E-state index contributed by atoms with van der Waals surface area (Å²) in [7, 11) is 0. The molecule has 0 saturated heterocycles. The Hall–Kier alpha value is -1.16. The van der Waals surface area contributed by atoms with E-state index in [9.17, 15) is 5.11 Å². The lowest BCUT2D eigenvalue weighted by molar-refractivity contribution is 0.154. The zero-order valence-corrected chi connectivity index (χ0v) is 19.0. The van der Waals surface area contributed by atoms with Crippen LogP contribution in [-0.2, 0) is 13.1 Å². The number of hydrogen-bond donors (Lipinski definition) is 2. The molecule has 0 unspecified atom stereocenters. The van der Waals surface area contributed by atoms with Crippen LogP contribution in [0.2, 0.25) is 0 Å². The second-order valence-electron chi connectivity index (χ2n) is 6.70. The molecule has 0 fully saturated rings. The summed E-state index contributed by atoms with van der Waals surface area (Å²) < 4.78 is 4.69. The van der Waals surface area contributed by atoms with Gasteiger partial charge in [-0.2, -0.15) is 0 Å². The molecule has 3 nitrogen and oxygen atoms in total. The zero-order chi connectivity index (χ0) is 18.8. The van der Waals surface area contributed by atoms with E-state index in [1.54, 1.807) is 0 Å². The lowest BCUT2D eigenvalue weighted by Gasteiger charge is -2.15. The molecule has 27 heavy (non-hydrogen) atoms. The third-order valence-corrected chi connectivity index (χ3v) is 6.08. The molecule has 0 spiro atoms. The first-order valence-electron chi connectivity index (χ1n) is 8.91. The van der Waals surface area contributed by atoms with E-state index in [1.165, 1.54) is 34.5 Å². The summed E-state index contributed by atoms with van der Waals surface area (Å²) >= 11 is 4.71. The predicted molar refractivity (Wildman–Crippen MR) is 129 cm³/mol. The highest BCUT2D eigenvalue weighted by molar-refractivity contribution is 14.1. The molecule has 4 rings (SSSR count). The van der Waals surface area contributed by atoms with Crippen molar-refractivity contribution in [2.45, 2.75) is 19.2 Å². The van der Waals surface area contributed by atoms with Crippen molar-refractivity contribution < 1.29 is 5.11 Å². The molecular weight excluding hydrogens is 562 g/mol. The van der Waals surface area contributed by atoms with Gasteiger partial charge in [0.15, 0.2) is 0 Å². The first-order chi connectivity index (χ1) is 13.1. The van der Waals surface area contributed by atoms with Crippen molar-refractivity contribution in [1.82, 2.24) is 9.88 Å². The Balaban J connectivity index is 1.57. The second-order valence-corrected chi connectivity index (χ2v) is 9.20. The highest BCUT2D eigenvalue weighted by Gasteiger charge is 2.14. The third-order valence-electron chi connectivity index (χ3n) is 4.73. The molecule has 0 amide bonds. The van der Waals surface area contributed by atoms with Crippen LogP contribution in [0.25, 0.3) is 21.8 Å². The summed E-state index contributed by atoms with van der Waals surface area (Å²) in [5.74, 6) is 0. The summed E-state index contributed by atoms with van der Waals surface area (Å²) in [5.41, 5.74) is 3.58. The second kappa shape index (κ2) is 8.46. The largest absolute Gasteiger partial charge is 0.390 e. The van der Waals surface area contributed by atoms with Crippen LogP contribution in [0.5, 0.6) is 0 Å². The van der Waals surface area contributed by atoms with Gasteiger partial charge in [-0.15, -0.1) is 0 Å². The van der Waals surface area contributed by atoms with E-state index >= 15 is 0 Å². The molecule has 0 bridgehead atoms. The maximum absolute atomic E-state index is 10.6. The Morgan fingerprint density at radius 2 is 1.44 bits per heavy atom. The summed E-state index contributed by atoms with van der Waals surface area (Å²) in [4.78, 5) is 0. The lowest BCUT2D eigenvalue weighted by Crippen LogP contribution is -2.29. The Bertz CT molecular complexity index is 1020. The molecular formula is C22H20I2N2O. The van der Waals surface area contributed by atoms with Crippen molar-refractivity contribution in [1.29, 1.82) is 0 Å². The Morgan fingerprint density at radius 1 is 0.852 bits per heavy atom. The van der Waals surface area contributed by atoms with Gasteiger partial charge in [-0.3, -0.25) is 0 Å². The molecule has 0 aliphatic heterocycles. The zero-order valence-electron chi connectivity index (χ0n) is 14.7. The number of nitrogens with zero attached hydrogens (tertiary/aromatic N) is 1. The smallest absolute Gasteiger partial charge is 0.0843 e. The van der Waals surface area contributed by atoms with Gasteiger partial charge in [0.05, 0.1) is 12.6 Å². The minimum atomic E-state index is -0.453. The van der Waals surface area contributed by atoms with E-state index < -0.39 is 6.10 Å². The molecule has 0 aliphatic carbocycles. The highest BCUT2D eigenvalue weighted by Crippen LogP contribution is 2.31. The minimum absolute atomic E-state index is 0.453. The lowest BCUT2D eigenvalue weighted by atomic mass is 10.2. The van der Waals surface area contributed by atoms with Crippen molar-refractivity contribution >= 4 is 67.0 Å².